The van der Waals surface area contributed by atoms with E-state index in [0.717, 1.165) is 0 Å². The summed E-state index contributed by atoms with van der Waals surface area (Å²) in [5, 5.41) is 0. The van der Waals surface area contributed by atoms with E-state index in [-0.39, 0.29) is 6.67 Å². The van der Waals surface area contributed by atoms with E-state index in [0.29, 0.717) is 12.3 Å². The Morgan fingerprint density at radius 1 is 1.60 bits per heavy atom. The largest absolute Gasteiger partial charge is 0.251 e. The van der Waals surface area contributed by atoms with Crippen molar-refractivity contribution in [1.82, 2.24) is 0 Å². The van der Waals surface area contributed by atoms with Crippen molar-refractivity contribution < 1.29 is 4.39 Å². The molecule has 0 aliphatic carbocycles. The third kappa shape index (κ3) is 4.22. The van der Waals surface area contributed by atoms with Gasteiger partial charge in [0.1, 0.15) is 0 Å². The summed E-state index contributed by atoms with van der Waals surface area (Å²) in [4.78, 5) is 0. The normalized spacial score (nSPS) is 8.40. The van der Waals surface area contributed by atoms with Crippen LogP contribution in [0.15, 0.2) is 0 Å². The van der Waals surface area contributed by atoms with Crippen LogP contribution in [-0.2, 0) is 0 Å². The fourth-order valence-corrected chi connectivity index (χ4v) is 0.152. The predicted molar refractivity (Wildman–Crippen MR) is 21.3 cm³/mol. The smallest absolute Gasteiger partial charge is 0.0905 e. The summed E-state index contributed by atoms with van der Waals surface area (Å²) >= 11 is 5.06. The summed E-state index contributed by atoms with van der Waals surface area (Å²) in [6.07, 6.45) is 0.488. The van der Waals surface area contributed by atoms with E-state index >= 15 is 0 Å². The molecule has 0 spiro atoms. The molecule has 0 aromatic rings. The Morgan fingerprint density at radius 3 is 2.20 bits per heavy atom. The van der Waals surface area contributed by atoms with Crippen LogP contribution in [-0.4, -0.2) is 12.6 Å². The van der Waals surface area contributed by atoms with E-state index in [1.54, 1.807) is 0 Å². The Labute approximate surface area is 35.9 Å². The lowest BCUT2D eigenvalue weighted by Crippen LogP contribution is -1.72. The minimum Gasteiger partial charge on any atom is -0.251 e. The van der Waals surface area contributed by atoms with Crippen LogP contribution in [0.4, 0.5) is 4.39 Å². The number of rotatable bonds is 2. The lowest BCUT2D eigenvalue weighted by Gasteiger charge is -1.74. The minimum absolute atomic E-state index is 0.288. The summed E-state index contributed by atoms with van der Waals surface area (Å²) in [6.45, 7) is -0.288. The van der Waals surface area contributed by atoms with Crippen molar-refractivity contribution in [2.45, 2.75) is 6.42 Å². The molecule has 0 saturated carbocycles. The standard InChI is InChI=1S/C3H6ClF/c4-2-1-3-5/h1-3H2. The van der Waals surface area contributed by atoms with Crippen LogP contribution >= 0.6 is 11.6 Å². The van der Waals surface area contributed by atoms with Crippen molar-refractivity contribution in [3.63, 3.8) is 0 Å². The number of hydrogen-bond acceptors (Lipinski definition) is 0. The highest BCUT2D eigenvalue weighted by molar-refractivity contribution is 6.17. The Bertz CT molecular complexity index is 14.4. The second-order valence-corrected chi connectivity index (χ2v) is 1.11. The molecule has 0 amide bonds. The summed E-state index contributed by atoms with van der Waals surface area (Å²) < 4.78 is 10.9. The van der Waals surface area contributed by atoms with Crippen molar-refractivity contribution >= 4 is 11.6 Å². The molecule has 0 heterocycles. The van der Waals surface area contributed by atoms with E-state index in [9.17, 15) is 4.39 Å². The van der Waals surface area contributed by atoms with Crippen molar-refractivity contribution in [3.8, 4) is 0 Å². The SMILES string of the molecule is FCCCCl. The van der Waals surface area contributed by atoms with Gasteiger partial charge in [-0.25, -0.2) is 0 Å². The maximum absolute atomic E-state index is 10.9. The van der Waals surface area contributed by atoms with Gasteiger partial charge in [-0.2, -0.15) is 0 Å². The van der Waals surface area contributed by atoms with E-state index in [1.165, 1.54) is 0 Å². The maximum Gasteiger partial charge on any atom is 0.0905 e. The lowest BCUT2D eigenvalue weighted by molar-refractivity contribution is 0.488. The van der Waals surface area contributed by atoms with Crippen LogP contribution in [0.25, 0.3) is 0 Å². The molecule has 5 heavy (non-hydrogen) atoms. The summed E-state index contributed by atoms with van der Waals surface area (Å²) in [7, 11) is 0. The van der Waals surface area contributed by atoms with Crippen LogP contribution < -0.4 is 0 Å². The molecule has 0 aromatic heterocycles. The number of halogens is 2. The number of alkyl halides is 2. The second kappa shape index (κ2) is 4.22. The topological polar surface area (TPSA) is 0 Å². The highest BCUT2D eigenvalue weighted by atomic mass is 35.5. The molecule has 2 heteroatoms. The van der Waals surface area contributed by atoms with Crippen LogP contribution in [0.5, 0.6) is 0 Å². The van der Waals surface area contributed by atoms with Gasteiger partial charge in [0.15, 0.2) is 0 Å². The van der Waals surface area contributed by atoms with Crippen molar-refractivity contribution in [2.75, 3.05) is 12.6 Å². The highest BCUT2D eigenvalue weighted by Crippen LogP contribution is 1.81. The zero-order valence-electron chi connectivity index (χ0n) is 2.88. The van der Waals surface area contributed by atoms with Crippen molar-refractivity contribution in [1.29, 1.82) is 0 Å². The van der Waals surface area contributed by atoms with Gasteiger partial charge in [0.25, 0.3) is 0 Å². The van der Waals surface area contributed by atoms with Crippen LogP contribution in [0.1, 0.15) is 6.42 Å². The fourth-order valence-electron chi connectivity index (χ4n) is 0.0505. The molecule has 0 rings (SSSR count). The highest BCUT2D eigenvalue weighted by Gasteiger charge is 1.73. The van der Waals surface area contributed by atoms with E-state index < -0.39 is 0 Å². The van der Waals surface area contributed by atoms with Gasteiger partial charge in [0, 0.05) is 5.88 Å². The van der Waals surface area contributed by atoms with Crippen LogP contribution in [0, 0.1) is 0 Å². The first-order valence-electron chi connectivity index (χ1n) is 1.53. The third-order valence-corrected chi connectivity index (χ3v) is 0.535. The van der Waals surface area contributed by atoms with Gasteiger partial charge in [0.2, 0.25) is 0 Å². The molecule has 0 aliphatic rings. The van der Waals surface area contributed by atoms with E-state index in [1.807, 2.05) is 0 Å². The molecular formula is C3H6ClF. The van der Waals surface area contributed by atoms with Crippen LogP contribution in [0.2, 0.25) is 0 Å². The quantitative estimate of drug-likeness (QED) is 0.458. The molecule has 0 unspecified atom stereocenters. The summed E-state index contributed by atoms with van der Waals surface area (Å²) in [6, 6.07) is 0. The zero-order chi connectivity index (χ0) is 4.12. The third-order valence-electron chi connectivity index (χ3n) is 0.267. The molecule has 0 N–H and O–H groups in total. The first-order chi connectivity index (χ1) is 2.41. The molecule has 0 nitrogen and oxygen atoms in total. The van der Waals surface area contributed by atoms with Crippen LogP contribution in [0.3, 0.4) is 0 Å². The molecule has 0 aliphatic heterocycles. The van der Waals surface area contributed by atoms with E-state index in [2.05, 4.69) is 0 Å². The Kier molecular flexibility index (Phi) is 4.41. The average molecular weight is 96.5 g/mol. The second-order valence-electron chi connectivity index (χ2n) is 0.732. The molecule has 0 saturated heterocycles. The summed E-state index contributed by atoms with van der Waals surface area (Å²) in [5.74, 6) is 0.441. The maximum atomic E-state index is 10.9. The van der Waals surface area contributed by atoms with Gasteiger partial charge in [-0.3, -0.25) is 4.39 Å². The van der Waals surface area contributed by atoms with Gasteiger partial charge >= 0.3 is 0 Å². The van der Waals surface area contributed by atoms with Gasteiger partial charge < -0.3 is 0 Å². The molecule has 0 fully saturated rings. The van der Waals surface area contributed by atoms with Crippen molar-refractivity contribution in [3.05, 3.63) is 0 Å². The lowest BCUT2D eigenvalue weighted by atomic mass is 10.6. The molecule has 0 aromatic carbocycles. The first-order valence-corrected chi connectivity index (χ1v) is 2.07. The monoisotopic (exact) mass is 96.0 g/mol. The molecule has 0 radical (unpaired) electrons. The zero-order valence-corrected chi connectivity index (χ0v) is 3.63. The molecule has 0 atom stereocenters. The Hall–Kier alpha value is 0.220. The first kappa shape index (κ1) is 5.22. The van der Waals surface area contributed by atoms with Gasteiger partial charge in [0.05, 0.1) is 6.67 Å². The molecular weight excluding hydrogens is 90.5 g/mol. The summed E-state index contributed by atoms with van der Waals surface area (Å²) in [5.41, 5.74) is 0. The molecule has 0 bridgehead atoms. The fraction of sp³-hybridized carbons (Fsp3) is 1.00. The molecule has 32 valence electrons. The van der Waals surface area contributed by atoms with Crippen molar-refractivity contribution in [2.24, 2.45) is 0 Å². The Balaban J connectivity index is 2.19. The van der Waals surface area contributed by atoms with E-state index in [4.69, 9.17) is 11.6 Å². The average Bonchev–Trinajstić information content (AvgIpc) is 1.41. The number of hydrogen-bond donors (Lipinski definition) is 0. The van der Waals surface area contributed by atoms with Gasteiger partial charge in [-0.1, -0.05) is 0 Å². The Morgan fingerprint density at radius 2 is 2.20 bits per heavy atom. The predicted octanol–water partition coefficient (Wildman–Crippen LogP) is 1.58. The van der Waals surface area contributed by atoms with Gasteiger partial charge in [-0.15, -0.1) is 11.6 Å². The minimum atomic E-state index is -0.288. The van der Waals surface area contributed by atoms with Gasteiger partial charge in [-0.05, 0) is 6.42 Å².